The lowest BCUT2D eigenvalue weighted by molar-refractivity contribution is -0.142. The van der Waals surface area contributed by atoms with Crippen LogP contribution in [0.25, 0.3) is 10.8 Å². The Bertz CT molecular complexity index is 1670. The fourth-order valence-electron chi connectivity index (χ4n) is 7.71. The minimum absolute atomic E-state index is 0.101. The molecular formula is C36H37N3O4S. The third-order valence-corrected chi connectivity index (χ3v) is 11.3. The van der Waals surface area contributed by atoms with E-state index in [9.17, 15) is 19.5 Å². The molecule has 44 heavy (non-hydrogen) atoms. The number of amides is 3. The first-order chi connectivity index (χ1) is 21.3. The van der Waals surface area contributed by atoms with Crippen molar-refractivity contribution in [1.29, 1.82) is 0 Å². The number of benzene rings is 3. The molecule has 7 nitrogen and oxygen atoms in total. The molecule has 4 aliphatic heterocycles. The van der Waals surface area contributed by atoms with Crippen molar-refractivity contribution in [2.75, 3.05) is 29.5 Å². The van der Waals surface area contributed by atoms with Crippen molar-refractivity contribution >= 4 is 51.6 Å². The van der Waals surface area contributed by atoms with Gasteiger partial charge in [0.1, 0.15) is 6.04 Å². The molecule has 6 atom stereocenters. The quantitative estimate of drug-likeness (QED) is 0.397. The van der Waals surface area contributed by atoms with Crippen LogP contribution in [0.3, 0.4) is 0 Å². The molecule has 8 heteroatoms. The summed E-state index contributed by atoms with van der Waals surface area (Å²) < 4.78 is -0.945. The normalized spacial score (nSPS) is 28.7. The largest absolute Gasteiger partial charge is 0.394 e. The van der Waals surface area contributed by atoms with E-state index in [0.29, 0.717) is 19.5 Å². The van der Waals surface area contributed by atoms with E-state index in [1.807, 2.05) is 91.0 Å². The number of nitrogens with zero attached hydrogens (tertiary/aromatic N) is 3. The summed E-state index contributed by atoms with van der Waals surface area (Å²) in [6, 6.07) is 22.2. The molecule has 1 unspecified atom stereocenters. The van der Waals surface area contributed by atoms with Crippen LogP contribution in [0.1, 0.15) is 20.3 Å². The fourth-order valence-corrected chi connectivity index (χ4v) is 9.70. The predicted molar refractivity (Wildman–Crippen MR) is 175 cm³/mol. The molecule has 0 bridgehead atoms. The van der Waals surface area contributed by atoms with Crippen molar-refractivity contribution in [2.24, 2.45) is 17.8 Å². The topological polar surface area (TPSA) is 81.2 Å². The van der Waals surface area contributed by atoms with Crippen LogP contribution in [0.5, 0.6) is 0 Å². The summed E-state index contributed by atoms with van der Waals surface area (Å²) >= 11 is 1.57. The van der Waals surface area contributed by atoms with Gasteiger partial charge >= 0.3 is 0 Å². The minimum Gasteiger partial charge on any atom is -0.394 e. The van der Waals surface area contributed by atoms with Gasteiger partial charge in [-0.1, -0.05) is 86.7 Å². The number of thioether (sulfide) groups is 1. The third-order valence-electron chi connectivity index (χ3n) is 9.56. The van der Waals surface area contributed by atoms with Crippen LogP contribution in [-0.2, 0) is 14.4 Å². The van der Waals surface area contributed by atoms with Crippen LogP contribution >= 0.6 is 11.8 Å². The zero-order valence-corrected chi connectivity index (χ0v) is 25.8. The molecule has 4 aliphatic rings. The predicted octanol–water partition coefficient (Wildman–Crippen LogP) is 5.05. The smallest absolute Gasteiger partial charge is 0.251 e. The molecule has 7 rings (SSSR count). The lowest BCUT2D eigenvalue weighted by Crippen LogP contribution is -2.57. The highest BCUT2D eigenvalue weighted by atomic mass is 32.2. The Morgan fingerprint density at radius 3 is 2.30 bits per heavy atom. The zero-order chi connectivity index (χ0) is 30.6. The second-order valence-corrected chi connectivity index (χ2v) is 14.1. The average molecular weight is 608 g/mol. The van der Waals surface area contributed by atoms with E-state index in [0.717, 1.165) is 22.1 Å². The van der Waals surface area contributed by atoms with Crippen molar-refractivity contribution in [2.45, 2.75) is 42.3 Å². The summed E-state index contributed by atoms with van der Waals surface area (Å²) in [7, 11) is 0. The molecule has 3 amide bonds. The van der Waals surface area contributed by atoms with E-state index in [1.54, 1.807) is 26.5 Å². The Hall–Kier alpha value is -3.88. The Kier molecular flexibility index (Phi) is 7.37. The van der Waals surface area contributed by atoms with E-state index in [-0.39, 0.29) is 35.5 Å². The van der Waals surface area contributed by atoms with E-state index in [2.05, 4.69) is 19.9 Å². The Labute approximate surface area is 262 Å². The number of carbonyl (C=O) groups excluding carboxylic acids is 3. The van der Waals surface area contributed by atoms with Gasteiger partial charge in [-0.05, 0) is 47.4 Å². The summed E-state index contributed by atoms with van der Waals surface area (Å²) in [5, 5.41) is 12.5. The van der Waals surface area contributed by atoms with Crippen molar-refractivity contribution in [3.8, 4) is 0 Å². The van der Waals surface area contributed by atoms with Gasteiger partial charge < -0.3 is 19.8 Å². The fraction of sp³-hybridized carbons (Fsp3) is 0.361. The molecule has 3 aromatic rings. The van der Waals surface area contributed by atoms with Crippen LogP contribution in [0.15, 0.2) is 97.1 Å². The molecule has 0 aromatic heterocycles. The standard InChI is InChI=1S/C36H37N3O4S/c1-23(2)20-28(22-40)39-32-35(43)38(27-16-15-24-10-6-7-11-25(24)21-27)19-9-17-36(32)31(34(39)42)30-29(44-36)14-8-18-37(33(30)41)26-12-4-3-5-13-26/h3-17,21,23,28-32,40H,18-20,22H2,1-2H3/t28-,29-,30+,31+,32?,36+/m1/s1. The molecule has 0 radical (unpaired) electrons. The third kappa shape index (κ3) is 4.49. The number of aliphatic hydroxyl groups excluding tert-OH is 1. The van der Waals surface area contributed by atoms with Crippen molar-refractivity contribution in [3.63, 3.8) is 0 Å². The second kappa shape index (κ2) is 11.2. The van der Waals surface area contributed by atoms with E-state index >= 15 is 0 Å². The maximum atomic E-state index is 14.9. The number of fused-ring (bicyclic) bond motifs is 3. The Morgan fingerprint density at radius 1 is 0.841 bits per heavy atom. The Balaban J connectivity index is 1.34. The number of para-hydroxylation sites is 1. The van der Waals surface area contributed by atoms with E-state index < -0.39 is 28.7 Å². The van der Waals surface area contributed by atoms with Gasteiger partial charge in [0, 0.05) is 29.7 Å². The zero-order valence-electron chi connectivity index (χ0n) is 25.0. The molecule has 3 aromatic carbocycles. The van der Waals surface area contributed by atoms with Crippen LogP contribution in [-0.4, -0.2) is 69.5 Å². The summed E-state index contributed by atoms with van der Waals surface area (Å²) in [5.74, 6) is -1.67. The van der Waals surface area contributed by atoms with Gasteiger partial charge in [-0.2, -0.15) is 0 Å². The highest BCUT2D eigenvalue weighted by Crippen LogP contribution is 2.61. The summed E-state index contributed by atoms with van der Waals surface area (Å²) in [4.78, 5) is 49.3. The maximum Gasteiger partial charge on any atom is 0.251 e. The number of hydrogen-bond acceptors (Lipinski definition) is 5. The van der Waals surface area contributed by atoms with Gasteiger partial charge in [-0.15, -0.1) is 11.8 Å². The number of hydrogen-bond donors (Lipinski definition) is 1. The van der Waals surface area contributed by atoms with Crippen molar-refractivity contribution < 1.29 is 19.5 Å². The molecule has 0 aliphatic carbocycles. The first-order valence-electron chi connectivity index (χ1n) is 15.5. The summed E-state index contributed by atoms with van der Waals surface area (Å²) in [5.41, 5.74) is 1.55. The van der Waals surface area contributed by atoms with Crippen LogP contribution in [0.4, 0.5) is 11.4 Å². The van der Waals surface area contributed by atoms with Crippen molar-refractivity contribution in [3.05, 3.63) is 97.1 Å². The van der Waals surface area contributed by atoms with Gasteiger partial charge in [0.25, 0.3) is 5.91 Å². The number of rotatable bonds is 6. The van der Waals surface area contributed by atoms with Gasteiger partial charge in [0.05, 0.1) is 29.2 Å². The van der Waals surface area contributed by atoms with Crippen LogP contribution in [0, 0.1) is 17.8 Å². The molecule has 4 heterocycles. The first-order valence-corrected chi connectivity index (χ1v) is 16.3. The number of aliphatic hydroxyl groups is 1. The molecular weight excluding hydrogens is 570 g/mol. The Morgan fingerprint density at radius 2 is 1.55 bits per heavy atom. The number of anilines is 2. The van der Waals surface area contributed by atoms with E-state index in [1.165, 1.54) is 0 Å². The van der Waals surface area contributed by atoms with Crippen LogP contribution in [0.2, 0.25) is 0 Å². The highest BCUT2D eigenvalue weighted by molar-refractivity contribution is 8.02. The lowest BCUT2D eigenvalue weighted by atomic mass is 9.78. The molecule has 0 saturated carbocycles. The summed E-state index contributed by atoms with van der Waals surface area (Å²) in [6.07, 6.45) is 8.65. The molecule has 1 N–H and O–H groups in total. The maximum absolute atomic E-state index is 14.9. The molecule has 2 fully saturated rings. The summed E-state index contributed by atoms with van der Waals surface area (Å²) in [6.45, 7) is 4.64. The monoisotopic (exact) mass is 607 g/mol. The lowest BCUT2D eigenvalue weighted by Gasteiger charge is -2.39. The van der Waals surface area contributed by atoms with Gasteiger partial charge in [-0.25, -0.2) is 0 Å². The number of carbonyl (C=O) groups is 3. The van der Waals surface area contributed by atoms with Gasteiger partial charge in [0.15, 0.2) is 0 Å². The second-order valence-electron chi connectivity index (χ2n) is 12.6. The molecule has 2 saturated heterocycles. The first kappa shape index (κ1) is 28.9. The highest BCUT2D eigenvalue weighted by Gasteiger charge is 2.71. The molecule has 1 spiro atoms. The number of likely N-dealkylation sites (tertiary alicyclic amines) is 1. The van der Waals surface area contributed by atoms with Crippen molar-refractivity contribution in [1.82, 2.24) is 4.90 Å². The van der Waals surface area contributed by atoms with E-state index in [4.69, 9.17) is 0 Å². The van der Waals surface area contributed by atoms with Gasteiger partial charge in [0.2, 0.25) is 11.8 Å². The molecule has 226 valence electrons. The average Bonchev–Trinajstić information content (AvgIpc) is 3.35. The van der Waals surface area contributed by atoms with Gasteiger partial charge in [-0.3, -0.25) is 14.4 Å². The SMILES string of the molecule is CC(C)C[C@H](CO)N1C(=O)[C@@H]2[C@H]3C(=O)N(c4ccccc4)CC=C[C@H]3S[C@@]23C=CCN(c2ccc4ccccc4c2)C(=O)C13. The van der Waals surface area contributed by atoms with Crippen LogP contribution < -0.4 is 9.80 Å². The minimum atomic E-state index is -0.945.